The largest absolute Gasteiger partial charge is 0.369 e. The average Bonchev–Trinajstić information content (AvgIpc) is 2.93. The third-order valence-corrected chi connectivity index (χ3v) is 3.47. The predicted octanol–water partition coefficient (Wildman–Crippen LogP) is 0.296. The number of hydrogen-bond acceptors (Lipinski definition) is 4. The van der Waals surface area contributed by atoms with Crippen molar-refractivity contribution in [3.63, 3.8) is 0 Å². The van der Waals surface area contributed by atoms with Crippen molar-refractivity contribution in [2.45, 2.75) is 27.3 Å². The molecule has 2 rings (SSSR count). The molecule has 0 radical (unpaired) electrons. The molecule has 0 saturated heterocycles. The van der Waals surface area contributed by atoms with Crippen molar-refractivity contribution in [2.24, 2.45) is 16.1 Å². The van der Waals surface area contributed by atoms with E-state index in [4.69, 9.17) is 5.73 Å². The molecule has 0 aliphatic heterocycles. The van der Waals surface area contributed by atoms with Crippen molar-refractivity contribution in [1.29, 1.82) is 0 Å². The molecule has 0 aromatic carbocycles. The minimum atomic E-state index is -0.655. The van der Waals surface area contributed by atoms with Crippen LogP contribution < -0.4 is 16.4 Å². The van der Waals surface area contributed by atoms with Gasteiger partial charge in [0.15, 0.2) is 17.4 Å². The number of rotatable bonds is 6. The maximum Gasteiger partial charge on any atom is 0.224 e. The number of aliphatic imine (C=N–C) groups is 1. The molecule has 0 fully saturated rings. The Balaban J connectivity index is 2.08. The van der Waals surface area contributed by atoms with Crippen molar-refractivity contribution in [1.82, 2.24) is 25.2 Å². The summed E-state index contributed by atoms with van der Waals surface area (Å²) < 4.78 is 1.89. The van der Waals surface area contributed by atoms with Crippen LogP contribution in [-0.4, -0.2) is 39.6 Å². The van der Waals surface area contributed by atoms with Crippen molar-refractivity contribution >= 4 is 17.5 Å². The zero-order valence-electron chi connectivity index (χ0n) is 13.7. The smallest absolute Gasteiger partial charge is 0.224 e. The number of pyridine rings is 1. The molecule has 124 valence electrons. The van der Waals surface area contributed by atoms with Crippen LogP contribution in [-0.2, 0) is 11.3 Å². The highest BCUT2D eigenvalue weighted by molar-refractivity contribution is 5.83. The highest BCUT2D eigenvalue weighted by atomic mass is 16.1. The number of nitrogens with one attached hydrogen (secondary N) is 2. The van der Waals surface area contributed by atoms with Gasteiger partial charge in [0.2, 0.25) is 5.91 Å². The summed E-state index contributed by atoms with van der Waals surface area (Å²) in [6, 6.07) is 5.72. The van der Waals surface area contributed by atoms with Gasteiger partial charge in [-0.15, -0.1) is 10.2 Å². The third-order valence-electron chi connectivity index (χ3n) is 3.47. The van der Waals surface area contributed by atoms with Gasteiger partial charge < -0.3 is 16.4 Å². The van der Waals surface area contributed by atoms with E-state index < -0.39 is 5.41 Å². The van der Waals surface area contributed by atoms with Gasteiger partial charge in [-0.25, -0.2) is 4.99 Å². The molecule has 2 aromatic rings. The van der Waals surface area contributed by atoms with Crippen LogP contribution >= 0.6 is 0 Å². The van der Waals surface area contributed by atoms with Gasteiger partial charge >= 0.3 is 0 Å². The fraction of sp³-hybridized carbons (Fsp3) is 0.467. The summed E-state index contributed by atoms with van der Waals surface area (Å²) in [6.07, 6.45) is 1.90. The summed E-state index contributed by atoms with van der Waals surface area (Å²) in [7, 11) is 0. The van der Waals surface area contributed by atoms with Gasteiger partial charge in [0.05, 0.1) is 5.41 Å². The van der Waals surface area contributed by atoms with Gasteiger partial charge in [0.1, 0.15) is 6.54 Å². The Bertz CT molecular complexity index is 705. The second kappa shape index (κ2) is 7.08. The molecule has 1 amide bonds. The first-order valence-corrected chi connectivity index (χ1v) is 7.55. The van der Waals surface area contributed by atoms with Gasteiger partial charge in [-0.1, -0.05) is 6.07 Å². The summed E-state index contributed by atoms with van der Waals surface area (Å²) in [6.45, 7) is 7.04. The minimum absolute atomic E-state index is 0.357. The number of nitrogens with zero attached hydrogens (tertiary/aromatic N) is 4. The van der Waals surface area contributed by atoms with Crippen LogP contribution in [0.5, 0.6) is 0 Å². The lowest BCUT2D eigenvalue weighted by Gasteiger charge is -2.22. The Morgan fingerprint density at radius 1 is 1.35 bits per heavy atom. The van der Waals surface area contributed by atoms with Crippen LogP contribution in [0.2, 0.25) is 0 Å². The number of carbonyl (C=O) groups is 1. The standard InChI is InChI=1S/C15H23N7O/c1-4-17-14(19-10-15(2,3)13(16)23)18-9-12-21-20-11-7-5-6-8-22(11)12/h5-8H,4,9-10H2,1-3H3,(H2,16,23)(H2,17,18,19). The molecule has 8 nitrogen and oxygen atoms in total. The zero-order chi connectivity index (χ0) is 16.9. The Labute approximate surface area is 135 Å². The zero-order valence-corrected chi connectivity index (χ0v) is 13.7. The molecule has 23 heavy (non-hydrogen) atoms. The average molecular weight is 317 g/mol. The molecular formula is C15H23N7O. The Kier molecular flexibility index (Phi) is 5.15. The van der Waals surface area contributed by atoms with E-state index in [2.05, 4.69) is 25.8 Å². The fourth-order valence-electron chi connectivity index (χ4n) is 1.88. The highest BCUT2D eigenvalue weighted by Crippen LogP contribution is 2.11. The van der Waals surface area contributed by atoms with E-state index in [1.54, 1.807) is 13.8 Å². The number of primary amides is 1. The van der Waals surface area contributed by atoms with E-state index >= 15 is 0 Å². The molecule has 2 aromatic heterocycles. The van der Waals surface area contributed by atoms with Crippen LogP contribution in [0.1, 0.15) is 26.6 Å². The number of hydrogen-bond donors (Lipinski definition) is 3. The number of fused-ring (bicyclic) bond motifs is 1. The maximum absolute atomic E-state index is 11.4. The number of guanidine groups is 1. The maximum atomic E-state index is 11.4. The Morgan fingerprint density at radius 3 is 2.83 bits per heavy atom. The topological polar surface area (TPSA) is 110 Å². The van der Waals surface area contributed by atoms with E-state index in [1.807, 2.05) is 35.7 Å². The van der Waals surface area contributed by atoms with Crippen LogP contribution in [0.25, 0.3) is 5.65 Å². The summed E-state index contributed by atoms with van der Waals surface area (Å²) in [5.41, 5.74) is 5.51. The van der Waals surface area contributed by atoms with Gasteiger partial charge in [-0.05, 0) is 32.9 Å². The molecule has 0 saturated carbocycles. The minimum Gasteiger partial charge on any atom is -0.369 e. The van der Waals surface area contributed by atoms with Gasteiger partial charge in [0.25, 0.3) is 0 Å². The van der Waals surface area contributed by atoms with E-state index in [0.717, 1.165) is 11.5 Å². The number of aromatic nitrogens is 3. The molecule has 0 aliphatic carbocycles. The number of carbonyl (C=O) groups excluding carboxylic acids is 1. The Hall–Kier alpha value is -2.64. The Morgan fingerprint density at radius 2 is 2.13 bits per heavy atom. The van der Waals surface area contributed by atoms with Crippen molar-refractivity contribution in [3.05, 3.63) is 30.2 Å². The van der Waals surface area contributed by atoms with Crippen LogP contribution in [0.3, 0.4) is 0 Å². The molecule has 4 N–H and O–H groups in total. The molecule has 0 unspecified atom stereocenters. The lowest BCUT2D eigenvalue weighted by Crippen LogP contribution is -2.46. The van der Waals surface area contributed by atoms with Crippen molar-refractivity contribution in [2.75, 3.05) is 13.1 Å². The van der Waals surface area contributed by atoms with E-state index in [9.17, 15) is 4.79 Å². The lowest BCUT2D eigenvalue weighted by molar-refractivity contribution is -0.125. The quantitative estimate of drug-likeness (QED) is 0.524. The van der Waals surface area contributed by atoms with E-state index in [1.165, 1.54) is 0 Å². The molecule has 0 bridgehead atoms. The van der Waals surface area contributed by atoms with Crippen molar-refractivity contribution < 1.29 is 4.79 Å². The molecule has 0 spiro atoms. The molecule has 0 aliphatic rings. The normalized spacial score (nSPS) is 12.4. The lowest BCUT2D eigenvalue weighted by atomic mass is 9.93. The van der Waals surface area contributed by atoms with Crippen molar-refractivity contribution in [3.8, 4) is 0 Å². The first kappa shape index (κ1) is 16.7. The first-order valence-electron chi connectivity index (χ1n) is 7.55. The van der Waals surface area contributed by atoms with Crippen LogP contribution in [0.15, 0.2) is 29.4 Å². The summed E-state index contributed by atoms with van der Waals surface area (Å²) in [4.78, 5) is 15.9. The summed E-state index contributed by atoms with van der Waals surface area (Å²) in [5, 5.41) is 14.5. The monoisotopic (exact) mass is 317 g/mol. The second-order valence-electron chi connectivity index (χ2n) is 5.84. The molecular weight excluding hydrogens is 294 g/mol. The number of nitrogens with two attached hydrogens (primary N) is 1. The highest BCUT2D eigenvalue weighted by Gasteiger charge is 2.24. The third kappa shape index (κ3) is 4.18. The fourth-order valence-corrected chi connectivity index (χ4v) is 1.88. The van der Waals surface area contributed by atoms with E-state index in [0.29, 0.717) is 25.6 Å². The number of amides is 1. The van der Waals surface area contributed by atoms with E-state index in [-0.39, 0.29) is 5.91 Å². The van der Waals surface area contributed by atoms with Gasteiger partial charge in [-0.3, -0.25) is 9.20 Å². The van der Waals surface area contributed by atoms with Gasteiger partial charge in [-0.2, -0.15) is 0 Å². The summed E-state index contributed by atoms with van der Waals surface area (Å²) >= 11 is 0. The van der Waals surface area contributed by atoms with Crippen LogP contribution in [0, 0.1) is 5.41 Å². The molecule has 0 atom stereocenters. The summed E-state index contributed by atoms with van der Waals surface area (Å²) in [5.74, 6) is 0.991. The first-order chi connectivity index (χ1) is 10.9. The second-order valence-corrected chi connectivity index (χ2v) is 5.84. The SMILES string of the molecule is CCNC(=NCc1nnc2ccccn12)NCC(C)(C)C(N)=O. The molecule has 2 heterocycles. The predicted molar refractivity (Wildman–Crippen MR) is 88.8 cm³/mol. The van der Waals surface area contributed by atoms with Gasteiger partial charge in [0, 0.05) is 19.3 Å². The van der Waals surface area contributed by atoms with Crippen LogP contribution in [0.4, 0.5) is 0 Å². The molecule has 8 heteroatoms.